The summed E-state index contributed by atoms with van der Waals surface area (Å²) in [5.41, 5.74) is 0. The Morgan fingerprint density at radius 1 is 1.24 bits per heavy atom. The molecule has 2 fully saturated rings. The molecule has 1 aliphatic heterocycles. The fraction of sp³-hybridized carbons (Fsp3) is 0.812. The third kappa shape index (κ3) is 3.44. The Labute approximate surface area is 125 Å². The Morgan fingerprint density at radius 2 is 1.81 bits per heavy atom. The molecule has 1 saturated heterocycles. The zero-order valence-electron chi connectivity index (χ0n) is 12.9. The number of carboxylic acid groups (broad SMARTS) is 1. The van der Waals surface area contributed by atoms with Crippen LogP contribution in [0.25, 0.3) is 0 Å². The molecular weight excluding hydrogens is 270 g/mol. The summed E-state index contributed by atoms with van der Waals surface area (Å²) in [5, 5.41) is 8.74. The van der Waals surface area contributed by atoms with Gasteiger partial charge in [-0.3, -0.25) is 19.3 Å². The monoisotopic (exact) mass is 295 g/mol. The summed E-state index contributed by atoms with van der Waals surface area (Å²) < 4.78 is 0. The lowest BCUT2D eigenvalue weighted by Gasteiger charge is -2.20. The first-order chi connectivity index (χ1) is 9.93. The van der Waals surface area contributed by atoms with Gasteiger partial charge in [0, 0.05) is 13.0 Å². The molecule has 1 N–H and O–H groups in total. The molecule has 3 unspecified atom stereocenters. The molecular formula is C16H25NO4. The summed E-state index contributed by atoms with van der Waals surface area (Å²) in [6.07, 6.45) is 4.04. The van der Waals surface area contributed by atoms with Gasteiger partial charge in [-0.1, -0.05) is 20.3 Å². The van der Waals surface area contributed by atoms with Crippen molar-refractivity contribution >= 4 is 17.8 Å². The Morgan fingerprint density at radius 3 is 2.29 bits per heavy atom. The summed E-state index contributed by atoms with van der Waals surface area (Å²) in [6.45, 7) is 4.58. The molecule has 21 heavy (non-hydrogen) atoms. The molecule has 0 radical (unpaired) electrons. The van der Waals surface area contributed by atoms with Gasteiger partial charge in [0.1, 0.15) is 0 Å². The van der Waals surface area contributed by atoms with Crippen LogP contribution in [0, 0.1) is 23.7 Å². The molecule has 0 aromatic heterocycles. The van der Waals surface area contributed by atoms with Crippen LogP contribution in [0.5, 0.6) is 0 Å². The number of rotatable bonds is 7. The first-order valence-corrected chi connectivity index (χ1v) is 8.01. The second-order valence-corrected chi connectivity index (χ2v) is 6.61. The van der Waals surface area contributed by atoms with E-state index in [1.54, 1.807) is 0 Å². The summed E-state index contributed by atoms with van der Waals surface area (Å²) in [5.74, 6) is -0.233. The first kappa shape index (κ1) is 16.0. The molecule has 0 spiro atoms. The van der Waals surface area contributed by atoms with Gasteiger partial charge in [0.2, 0.25) is 11.8 Å². The molecule has 3 atom stereocenters. The number of aliphatic carboxylic acids is 1. The average molecular weight is 295 g/mol. The van der Waals surface area contributed by atoms with Gasteiger partial charge in [-0.25, -0.2) is 0 Å². The van der Waals surface area contributed by atoms with Crippen molar-refractivity contribution in [2.75, 3.05) is 6.54 Å². The van der Waals surface area contributed by atoms with E-state index in [2.05, 4.69) is 6.92 Å². The topological polar surface area (TPSA) is 74.7 Å². The van der Waals surface area contributed by atoms with Crippen molar-refractivity contribution in [1.82, 2.24) is 4.90 Å². The van der Waals surface area contributed by atoms with Crippen LogP contribution < -0.4 is 0 Å². The standard InChI is InChI=1S/C16H25NO4/c1-3-11(4-5-14(18)19)6-7-17-15(20)12-8-10(2)9-13(12)16(17)21/h10-13H,3-9H2,1-2H3,(H,18,19). The summed E-state index contributed by atoms with van der Waals surface area (Å²) in [7, 11) is 0. The maximum atomic E-state index is 12.3. The molecule has 2 aliphatic rings. The van der Waals surface area contributed by atoms with Crippen molar-refractivity contribution in [1.29, 1.82) is 0 Å². The third-order valence-corrected chi connectivity index (χ3v) is 5.07. The minimum atomic E-state index is -0.787. The maximum absolute atomic E-state index is 12.3. The van der Waals surface area contributed by atoms with Crippen molar-refractivity contribution in [2.45, 2.75) is 52.4 Å². The fourth-order valence-corrected chi connectivity index (χ4v) is 3.76. The van der Waals surface area contributed by atoms with Crippen LogP contribution in [0.1, 0.15) is 52.4 Å². The molecule has 5 nitrogen and oxygen atoms in total. The zero-order chi connectivity index (χ0) is 15.6. The predicted octanol–water partition coefficient (Wildman–Crippen LogP) is 2.30. The lowest BCUT2D eigenvalue weighted by atomic mass is 9.96. The Kier molecular flexibility index (Phi) is 5.01. The number of fused-ring (bicyclic) bond motifs is 1. The van der Waals surface area contributed by atoms with Gasteiger partial charge in [-0.05, 0) is 37.5 Å². The minimum absolute atomic E-state index is 0.00226. The van der Waals surface area contributed by atoms with Crippen LogP contribution in [-0.4, -0.2) is 34.3 Å². The van der Waals surface area contributed by atoms with E-state index in [0.29, 0.717) is 18.9 Å². The minimum Gasteiger partial charge on any atom is -0.481 e. The van der Waals surface area contributed by atoms with Crippen LogP contribution >= 0.6 is 0 Å². The number of amides is 2. The summed E-state index contributed by atoms with van der Waals surface area (Å²) >= 11 is 0. The van der Waals surface area contributed by atoms with Crippen molar-refractivity contribution in [2.24, 2.45) is 23.7 Å². The molecule has 2 amide bonds. The van der Waals surface area contributed by atoms with Gasteiger partial charge >= 0.3 is 5.97 Å². The Bertz CT molecular complexity index is 410. The molecule has 1 heterocycles. The van der Waals surface area contributed by atoms with Crippen molar-refractivity contribution in [3.8, 4) is 0 Å². The zero-order valence-corrected chi connectivity index (χ0v) is 12.9. The van der Waals surface area contributed by atoms with Crippen LogP contribution in [0.2, 0.25) is 0 Å². The smallest absolute Gasteiger partial charge is 0.303 e. The van der Waals surface area contributed by atoms with E-state index in [1.807, 2.05) is 6.92 Å². The molecule has 1 saturated carbocycles. The average Bonchev–Trinajstić information content (AvgIpc) is 2.91. The van der Waals surface area contributed by atoms with Gasteiger partial charge in [0.25, 0.3) is 0 Å². The molecule has 118 valence electrons. The van der Waals surface area contributed by atoms with Crippen LogP contribution in [0.3, 0.4) is 0 Å². The van der Waals surface area contributed by atoms with Gasteiger partial charge in [-0.2, -0.15) is 0 Å². The molecule has 5 heteroatoms. The Hall–Kier alpha value is -1.39. The van der Waals surface area contributed by atoms with Gasteiger partial charge in [0.05, 0.1) is 11.8 Å². The largest absolute Gasteiger partial charge is 0.481 e. The quantitative estimate of drug-likeness (QED) is 0.731. The number of carbonyl (C=O) groups excluding carboxylic acids is 2. The number of hydrogen-bond acceptors (Lipinski definition) is 3. The number of likely N-dealkylation sites (tertiary alicyclic amines) is 1. The normalized spacial score (nSPS) is 29.8. The number of carbonyl (C=O) groups is 3. The Balaban J connectivity index is 1.87. The summed E-state index contributed by atoms with van der Waals surface area (Å²) in [4.78, 5) is 36.7. The highest BCUT2D eigenvalue weighted by Crippen LogP contribution is 2.43. The van der Waals surface area contributed by atoms with Crippen LogP contribution in [-0.2, 0) is 14.4 Å². The van der Waals surface area contributed by atoms with Gasteiger partial charge in [0.15, 0.2) is 0 Å². The highest BCUT2D eigenvalue weighted by Gasteiger charge is 2.51. The highest BCUT2D eigenvalue weighted by atomic mass is 16.4. The van der Waals surface area contributed by atoms with Crippen molar-refractivity contribution in [3.63, 3.8) is 0 Å². The van der Waals surface area contributed by atoms with E-state index in [1.165, 1.54) is 4.90 Å². The van der Waals surface area contributed by atoms with E-state index in [9.17, 15) is 14.4 Å². The fourth-order valence-electron chi connectivity index (χ4n) is 3.76. The van der Waals surface area contributed by atoms with E-state index < -0.39 is 5.97 Å². The number of carboxylic acids is 1. The molecule has 2 rings (SSSR count). The molecule has 1 aliphatic carbocycles. The first-order valence-electron chi connectivity index (χ1n) is 8.01. The van der Waals surface area contributed by atoms with Crippen molar-refractivity contribution in [3.05, 3.63) is 0 Å². The number of hydrogen-bond donors (Lipinski definition) is 1. The highest BCUT2D eigenvalue weighted by molar-refractivity contribution is 6.05. The lowest BCUT2D eigenvalue weighted by molar-refractivity contribution is -0.141. The molecule has 0 aromatic carbocycles. The lowest BCUT2D eigenvalue weighted by Crippen LogP contribution is -2.34. The van der Waals surface area contributed by atoms with E-state index >= 15 is 0 Å². The van der Waals surface area contributed by atoms with Gasteiger partial charge < -0.3 is 5.11 Å². The second-order valence-electron chi connectivity index (χ2n) is 6.61. The molecule has 0 bridgehead atoms. The van der Waals surface area contributed by atoms with E-state index in [4.69, 9.17) is 5.11 Å². The van der Waals surface area contributed by atoms with Crippen LogP contribution in [0.4, 0.5) is 0 Å². The molecule has 0 aromatic rings. The van der Waals surface area contributed by atoms with Gasteiger partial charge in [-0.15, -0.1) is 0 Å². The summed E-state index contributed by atoms with van der Waals surface area (Å²) in [6, 6.07) is 0. The van der Waals surface area contributed by atoms with Crippen molar-refractivity contribution < 1.29 is 19.5 Å². The second kappa shape index (κ2) is 6.58. The van der Waals surface area contributed by atoms with E-state index in [-0.39, 0.29) is 36.0 Å². The third-order valence-electron chi connectivity index (χ3n) is 5.07. The van der Waals surface area contributed by atoms with E-state index in [0.717, 1.165) is 25.7 Å². The van der Waals surface area contributed by atoms with Crippen LogP contribution in [0.15, 0.2) is 0 Å². The predicted molar refractivity (Wildman–Crippen MR) is 77.4 cm³/mol. The number of imide groups is 1. The number of nitrogens with zero attached hydrogens (tertiary/aromatic N) is 1. The SMILES string of the molecule is CCC(CCC(=O)O)CCN1C(=O)C2CC(C)CC2C1=O. The maximum Gasteiger partial charge on any atom is 0.303 e.